The number of carbonyl (C=O) groups excluding carboxylic acids is 2. The van der Waals surface area contributed by atoms with E-state index in [0.717, 1.165) is 51.4 Å². The molecule has 0 aliphatic heterocycles. The molecule has 0 aromatic rings. The first kappa shape index (κ1) is 65.8. The summed E-state index contributed by atoms with van der Waals surface area (Å²) in [7, 11) is 0. The van der Waals surface area contributed by atoms with E-state index in [1.807, 2.05) is 12.2 Å². The minimum absolute atomic E-state index is 0.0258. The zero-order valence-corrected chi connectivity index (χ0v) is 45.3. The maximum absolute atomic E-state index is 12.4. The number of unbranched alkanes of at least 4 members (excludes halogenated alkanes) is 38. The molecule has 68 heavy (non-hydrogen) atoms. The quantitative estimate of drug-likeness (QED) is 0.0321. The molecule has 3 N–H and O–H groups in total. The summed E-state index contributed by atoms with van der Waals surface area (Å²) in [5.74, 6) is -0.173. The van der Waals surface area contributed by atoms with E-state index in [9.17, 15) is 19.8 Å². The number of aliphatic hydroxyl groups excluding tert-OH is 2. The number of esters is 1. The van der Waals surface area contributed by atoms with Gasteiger partial charge in [0.25, 0.3) is 0 Å². The maximum Gasteiger partial charge on any atom is 0.305 e. The van der Waals surface area contributed by atoms with Crippen molar-refractivity contribution in [3.63, 3.8) is 0 Å². The molecule has 0 aromatic heterocycles. The van der Waals surface area contributed by atoms with Gasteiger partial charge in [0.05, 0.1) is 25.4 Å². The molecular weight excluding hydrogens is 839 g/mol. The molecule has 0 bridgehead atoms. The van der Waals surface area contributed by atoms with Crippen molar-refractivity contribution >= 4 is 11.9 Å². The van der Waals surface area contributed by atoms with Crippen LogP contribution in [0.25, 0.3) is 0 Å². The van der Waals surface area contributed by atoms with Crippen LogP contribution in [0.1, 0.15) is 309 Å². The van der Waals surface area contributed by atoms with E-state index in [0.29, 0.717) is 25.9 Å². The topological polar surface area (TPSA) is 95.9 Å². The fraction of sp³-hybridized carbons (Fsp3) is 0.839. The average Bonchev–Trinajstić information content (AvgIpc) is 3.34. The fourth-order valence-corrected chi connectivity index (χ4v) is 8.97. The molecule has 0 aliphatic carbocycles. The van der Waals surface area contributed by atoms with Gasteiger partial charge < -0.3 is 20.3 Å². The van der Waals surface area contributed by atoms with Crippen LogP contribution in [0.5, 0.6) is 0 Å². The van der Waals surface area contributed by atoms with Gasteiger partial charge >= 0.3 is 5.97 Å². The molecule has 0 aliphatic rings. The molecule has 398 valence electrons. The Bertz CT molecular complexity index is 1150. The Balaban J connectivity index is 3.57. The Morgan fingerprint density at radius 1 is 0.412 bits per heavy atom. The van der Waals surface area contributed by atoms with E-state index in [1.165, 1.54) is 225 Å². The van der Waals surface area contributed by atoms with Crippen molar-refractivity contribution in [3.05, 3.63) is 48.6 Å². The average molecular weight is 955 g/mol. The van der Waals surface area contributed by atoms with Crippen molar-refractivity contribution in [2.75, 3.05) is 13.2 Å². The number of hydrogen-bond acceptors (Lipinski definition) is 5. The van der Waals surface area contributed by atoms with Crippen LogP contribution in [0.2, 0.25) is 0 Å². The molecule has 6 heteroatoms. The second-order valence-corrected chi connectivity index (χ2v) is 20.3. The lowest BCUT2D eigenvalue weighted by atomic mass is 10.0. The van der Waals surface area contributed by atoms with Crippen LogP contribution in [0.4, 0.5) is 0 Å². The second kappa shape index (κ2) is 57.4. The SMILES string of the molecule is CCCCCCCCC/C=C\CCCCCCCC(=O)OCCCCCCCC/C=C\C/C=C\CCC(=O)NC(CO)C(O)/C=C/CCCCCCCCCCCCCCCCCCCCCC. The van der Waals surface area contributed by atoms with Crippen LogP contribution in [-0.2, 0) is 14.3 Å². The molecule has 0 saturated carbocycles. The highest BCUT2D eigenvalue weighted by Gasteiger charge is 2.17. The molecule has 0 fully saturated rings. The number of rotatable bonds is 55. The largest absolute Gasteiger partial charge is 0.466 e. The summed E-state index contributed by atoms with van der Waals surface area (Å²) in [5.41, 5.74) is 0. The number of hydrogen-bond donors (Lipinski definition) is 3. The second-order valence-electron chi connectivity index (χ2n) is 20.3. The predicted molar refractivity (Wildman–Crippen MR) is 296 cm³/mol. The van der Waals surface area contributed by atoms with E-state index in [1.54, 1.807) is 6.08 Å². The number of allylic oxidation sites excluding steroid dienone is 7. The van der Waals surface area contributed by atoms with Gasteiger partial charge in [0.15, 0.2) is 0 Å². The smallest absolute Gasteiger partial charge is 0.305 e. The minimum Gasteiger partial charge on any atom is -0.466 e. The molecule has 2 unspecified atom stereocenters. The molecule has 1 amide bonds. The first-order chi connectivity index (χ1) is 33.5. The van der Waals surface area contributed by atoms with Crippen LogP contribution >= 0.6 is 0 Å². The third kappa shape index (κ3) is 53.2. The molecule has 0 radical (unpaired) electrons. The van der Waals surface area contributed by atoms with Gasteiger partial charge in [-0.05, 0) is 77.0 Å². The summed E-state index contributed by atoms with van der Waals surface area (Å²) < 4.78 is 5.46. The Hall–Kier alpha value is -2.18. The van der Waals surface area contributed by atoms with Crippen molar-refractivity contribution in [1.29, 1.82) is 0 Å². The Labute approximate surface area is 423 Å². The molecule has 0 rings (SSSR count). The van der Waals surface area contributed by atoms with Gasteiger partial charge in [-0.25, -0.2) is 0 Å². The van der Waals surface area contributed by atoms with Gasteiger partial charge in [0.2, 0.25) is 5.91 Å². The monoisotopic (exact) mass is 954 g/mol. The summed E-state index contributed by atoms with van der Waals surface area (Å²) in [4.78, 5) is 24.5. The van der Waals surface area contributed by atoms with Gasteiger partial charge in [0, 0.05) is 12.8 Å². The minimum atomic E-state index is -0.881. The van der Waals surface area contributed by atoms with Crippen LogP contribution in [0.15, 0.2) is 48.6 Å². The number of carbonyl (C=O) groups is 2. The third-order valence-corrected chi connectivity index (χ3v) is 13.6. The maximum atomic E-state index is 12.4. The lowest BCUT2D eigenvalue weighted by molar-refractivity contribution is -0.143. The summed E-state index contributed by atoms with van der Waals surface area (Å²) >= 11 is 0. The molecule has 0 saturated heterocycles. The Morgan fingerprint density at radius 2 is 0.750 bits per heavy atom. The zero-order chi connectivity index (χ0) is 49.3. The van der Waals surface area contributed by atoms with E-state index in [2.05, 4.69) is 49.5 Å². The van der Waals surface area contributed by atoms with Gasteiger partial charge in [-0.1, -0.05) is 268 Å². The highest BCUT2D eigenvalue weighted by atomic mass is 16.5. The van der Waals surface area contributed by atoms with Crippen molar-refractivity contribution < 1.29 is 24.5 Å². The molecule has 6 nitrogen and oxygen atoms in total. The van der Waals surface area contributed by atoms with Crippen LogP contribution in [0.3, 0.4) is 0 Å². The van der Waals surface area contributed by atoms with Crippen LogP contribution in [-0.4, -0.2) is 47.4 Å². The Morgan fingerprint density at radius 3 is 1.16 bits per heavy atom. The zero-order valence-electron chi connectivity index (χ0n) is 45.3. The van der Waals surface area contributed by atoms with Crippen LogP contribution < -0.4 is 5.32 Å². The number of aliphatic hydroxyl groups is 2. The Kier molecular flexibility index (Phi) is 55.6. The van der Waals surface area contributed by atoms with E-state index in [4.69, 9.17) is 4.74 Å². The first-order valence-electron chi connectivity index (χ1n) is 29.9. The van der Waals surface area contributed by atoms with E-state index < -0.39 is 12.1 Å². The molecule has 0 heterocycles. The third-order valence-electron chi connectivity index (χ3n) is 13.6. The lowest BCUT2D eigenvalue weighted by Crippen LogP contribution is -2.45. The standard InChI is InChI=1S/C62H115NO5/c1-3-5-7-9-11-13-15-17-19-21-22-23-24-25-26-27-30-34-38-42-46-50-54-60(65)59(58-64)63-61(66)55-51-47-43-39-35-31-29-33-37-41-45-49-53-57-68-62(67)56-52-48-44-40-36-32-28-20-18-16-14-12-10-8-6-4-2/h20,28,31,35,43,47,50,54,59-60,64-65H,3-19,21-27,29-30,32-34,36-42,44-46,48-49,51-53,55-58H2,1-2H3,(H,63,66)/b28-20-,35-31-,47-43-,54-50+. The summed E-state index contributed by atoms with van der Waals surface area (Å²) in [5, 5.41) is 23.1. The number of nitrogens with one attached hydrogen (secondary N) is 1. The van der Waals surface area contributed by atoms with Crippen LogP contribution in [0, 0.1) is 0 Å². The van der Waals surface area contributed by atoms with Crippen molar-refractivity contribution in [3.8, 4) is 0 Å². The fourth-order valence-electron chi connectivity index (χ4n) is 8.97. The normalized spacial score (nSPS) is 12.9. The predicted octanol–water partition coefficient (Wildman–Crippen LogP) is 18.6. The van der Waals surface area contributed by atoms with Crippen molar-refractivity contribution in [2.24, 2.45) is 0 Å². The van der Waals surface area contributed by atoms with Gasteiger partial charge in [0.1, 0.15) is 0 Å². The van der Waals surface area contributed by atoms with E-state index >= 15 is 0 Å². The van der Waals surface area contributed by atoms with Crippen molar-refractivity contribution in [2.45, 2.75) is 321 Å². The van der Waals surface area contributed by atoms with Gasteiger partial charge in [-0.3, -0.25) is 9.59 Å². The first-order valence-corrected chi connectivity index (χ1v) is 29.9. The van der Waals surface area contributed by atoms with Gasteiger partial charge in [-0.15, -0.1) is 0 Å². The number of ether oxygens (including phenoxy) is 1. The molecular formula is C62H115NO5. The summed E-state index contributed by atoms with van der Waals surface area (Å²) in [6.07, 6.45) is 72.9. The highest BCUT2D eigenvalue weighted by Crippen LogP contribution is 2.16. The van der Waals surface area contributed by atoms with Crippen molar-refractivity contribution in [1.82, 2.24) is 5.32 Å². The highest BCUT2D eigenvalue weighted by molar-refractivity contribution is 5.76. The number of amides is 1. The van der Waals surface area contributed by atoms with E-state index in [-0.39, 0.29) is 18.5 Å². The molecule has 2 atom stereocenters. The van der Waals surface area contributed by atoms with Gasteiger partial charge in [-0.2, -0.15) is 0 Å². The molecule has 0 spiro atoms. The lowest BCUT2D eigenvalue weighted by Gasteiger charge is -2.19. The summed E-state index contributed by atoms with van der Waals surface area (Å²) in [6.45, 7) is 4.84. The molecule has 0 aromatic carbocycles. The summed E-state index contributed by atoms with van der Waals surface area (Å²) in [6, 6.07) is -0.674.